The molecule has 1 rings (SSSR count). The van der Waals surface area contributed by atoms with Gasteiger partial charge in [-0.25, -0.2) is 4.39 Å². The quantitative estimate of drug-likeness (QED) is 0.833. The lowest BCUT2D eigenvalue weighted by Gasteiger charge is -2.23. The van der Waals surface area contributed by atoms with Crippen molar-refractivity contribution in [2.24, 2.45) is 0 Å². The second-order valence-corrected chi connectivity index (χ2v) is 4.50. The Balaban J connectivity index is 2.84. The molecule has 0 saturated carbocycles. The Morgan fingerprint density at radius 2 is 2.12 bits per heavy atom. The molecule has 0 fully saturated rings. The van der Waals surface area contributed by atoms with Gasteiger partial charge in [0.2, 0.25) is 0 Å². The van der Waals surface area contributed by atoms with Gasteiger partial charge in [-0.15, -0.1) is 0 Å². The molecular formula is C13H19FO3. The van der Waals surface area contributed by atoms with Crippen molar-refractivity contribution in [3.05, 3.63) is 29.6 Å². The summed E-state index contributed by atoms with van der Waals surface area (Å²) in [7, 11) is 0. The Kier molecular flexibility index (Phi) is 4.48. The SMILES string of the molecule is CCC(C)(O)COc1ccc(F)cc1C(C)O. The van der Waals surface area contributed by atoms with Crippen molar-refractivity contribution in [2.75, 3.05) is 6.61 Å². The molecule has 4 heteroatoms. The summed E-state index contributed by atoms with van der Waals surface area (Å²) in [5.74, 6) is -0.0226. The largest absolute Gasteiger partial charge is 0.490 e. The highest BCUT2D eigenvalue weighted by Gasteiger charge is 2.20. The molecule has 96 valence electrons. The summed E-state index contributed by atoms with van der Waals surface area (Å²) in [6.07, 6.45) is -0.259. The van der Waals surface area contributed by atoms with Crippen molar-refractivity contribution < 1.29 is 19.3 Å². The number of benzene rings is 1. The standard InChI is InChI=1S/C13H19FO3/c1-4-13(3,16)8-17-12-6-5-10(14)7-11(12)9(2)15/h5-7,9,15-16H,4,8H2,1-3H3. The van der Waals surface area contributed by atoms with Gasteiger partial charge >= 0.3 is 0 Å². The van der Waals surface area contributed by atoms with Gasteiger partial charge in [-0.1, -0.05) is 6.92 Å². The number of hydrogen-bond acceptors (Lipinski definition) is 3. The van der Waals surface area contributed by atoms with Crippen molar-refractivity contribution >= 4 is 0 Å². The second-order valence-electron chi connectivity index (χ2n) is 4.50. The summed E-state index contributed by atoms with van der Waals surface area (Å²) in [6.45, 7) is 5.16. The predicted octanol–water partition coefficient (Wildman–Crippen LogP) is 2.42. The molecule has 2 N–H and O–H groups in total. The van der Waals surface area contributed by atoms with Crippen LogP contribution in [-0.4, -0.2) is 22.4 Å². The zero-order chi connectivity index (χ0) is 13.1. The zero-order valence-corrected chi connectivity index (χ0v) is 10.4. The van der Waals surface area contributed by atoms with Crippen molar-refractivity contribution in [1.29, 1.82) is 0 Å². The Morgan fingerprint density at radius 1 is 1.47 bits per heavy atom. The lowest BCUT2D eigenvalue weighted by atomic mass is 10.1. The smallest absolute Gasteiger partial charge is 0.125 e. The molecule has 0 bridgehead atoms. The van der Waals surface area contributed by atoms with E-state index in [0.717, 1.165) is 0 Å². The van der Waals surface area contributed by atoms with Gasteiger partial charge in [-0.2, -0.15) is 0 Å². The van der Waals surface area contributed by atoms with Gasteiger partial charge in [0.15, 0.2) is 0 Å². The number of rotatable bonds is 5. The van der Waals surface area contributed by atoms with Gasteiger partial charge in [0.25, 0.3) is 0 Å². The van der Waals surface area contributed by atoms with E-state index in [2.05, 4.69) is 0 Å². The first-order valence-electron chi connectivity index (χ1n) is 5.68. The summed E-state index contributed by atoms with van der Waals surface area (Å²) < 4.78 is 18.5. The maximum absolute atomic E-state index is 13.0. The third-order valence-corrected chi connectivity index (χ3v) is 2.72. The fraction of sp³-hybridized carbons (Fsp3) is 0.538. The lowest BCUT2D eigenvalue weighted by Crippen LogP contribution is -2.31. The number of hydrogen-bond donors (Lipinski definition) is 2. The Bertz CT molecular complexity index is 375. The van der Waals surface area contributed by atoms with Gasteiger partial charge in [0, 0.05) is 5.56 Å². The summed E-state index contributed by atoms with van der Waals surface area (Å²) in [5.41, 5.74) is -0.540. The second kappa shape index (κ2) is 5.47. The van der Waals surface area contributed by atoms with Crippen LogP contribution < -0.4 is 4.74 Å². The number of aliphatic hydroxyl groups is 2. The maximum Gasteiger partial charge on any atom is 0.125 e. The minimum Gasteiger partial charge on any atom is -0.490 e. The van der Waals surface area contributed by atoms with E-state index < -0.39 is 17.5 Å². The molecule has 0 aromatic heterocycles. The van der Waals surface area contributed by atoms with Crippen molar-refractivity contribution in [3.63, 3.8) is 0 Å². The van der Waals surface area contributed by atoms with Gasteiger partial charge in [0.1, 0.15) is 18.2 Å². The van der Waals surface area contributed by atoms with Crippen molar-refractivity contribution in [2.45, 2.75) is 38.9 Å². The first-order chi connectivity index (χ1) is 7.85. The molecule has 1 aromatic rings. The lowest BCUT2D eigenvalue weighted by molar-refractivity contribution is 0.00743. The fourth-order valence-electron chi connectivity index (χ4n) is 1.31. The number of ether oxygens (including phenoxy) is 1. The van der Waals surface area contributed by atoms with Crippen LogP contribution in [0, 0.1) is 5.82 Å². The number of halogens is 1. The average Bonchev–Trinajstić information content (AvgIpc) is 2.27. The minimum atomic E-state index is -0.926. The molecule has 0 radical (unpaired) electrons. The molecule has 3 nitrogen and oxygen atoms in total. The van der Waals surface area contributed by atoms with Crippen LogP contribution >= 0.6 is 0 Å². The first-order valence-corrected chi connectivity index (χ1v) is 5.68. The molecule has 0 saturated heterocycles. The highest BCUT2D eigenvalue weighted by Crippen LogP contribution is 2.27. The maximum atomic E-state index is 13.0. The zero-order valence-electron chi connectivity index (χ0n) is 10.4. The monoisotopic (exact) mass is 242 g/mol. The van der Waals surface area contributed by atoms with E-state index >= 15 is 0 Å². The normalized spacial score (nSPS) is 16.4. The van der Waals surface area contributed by atoms with Gasteiger partial charge in [0.05, 0.1) is 11.7 Å². The molecule has 2 unspecified atom stereocenters. The molecule has 17 heavy (non-hydrogen) atoms. The third kappa shape index (κ3) is 3.98. The molecule has 0 aliphatic carbocycles. The van der Waals surface area contributed by atoms with E-state index in [9.17, 15) is 14.6 Å². The molecule has 0 spiro atoms. The first kappa shape index (κ1) is 13.9. The highest BCUT2D eigenvalue weighted by atomic mass is 19.1. The van der Waals surface area contributed by atoms with Crippen LogP contribution in [0.4, 0.5) is 4.39 Å². The highest BCUT2D eigenvalue weighted by molar-refractivity contribution is 5.35. The van der Waals surface area contributed by atoms with E-state index in [1.807, 2.05) is 6.92 Å². The Morgan fingerprint density at radius 3 is 2.65 bits per heavy atom. The van der Waals surface area contributed by atoms with E-state index in [4.69, 9.17) is 4.74 Å². The molecule has 0 heterocycles. The topological polar surface area (TPSA) is 49.7 Å². The van der Waals surface area contributed by atoms with Crippen LogP contribution in [0.2, 0.25) is 0 Å². The molecule has 0 amide bonds. The summed E-state index contributed by atoms with van der Waals surface area (Å²) in [4.78, 5) is 0. The Hall–Kier alpha value is -1.13. The minimum absolute atomic E-state index is 0.106. The van der Waals surface area contributed by atoms with Gasteiger partial charge < -0.3 is 14.9 Å². The van der Waals surface area contributed by atoms with Crippen molar-refractivity contribution in [1.82, 2.24) is 0 Å². The molecule has 0 aliphatic rings. The molecule has 2 atom stereocenters. The fourth-order valence-corrected chi connectivity index (χ4v) is 1.31. The van der Waals surface area contributed by atoms with Crippen LogP contribution in [0.3, 0.4) is 0 Å². The summed E-state index contributed by atoms with van der Waals surface area (Å²) >= 11 is 0. The predicted molar refractivity (Wildman–Crippen MR) is 63.4 cm³/mol. The van der Waals surface area contributed by atoms with E-state index in [0.29, 0.717) is 17.7 Å². The Labute approximate surface area is 101 Å². The van der Waals surface area contributed by atoms with Crippen LogP contribution in [-0.2, 0) is 0 Å². The van der Waals surface area contributed by atoms with Gasteiger partial charge in [-0.3, -0.25) is 0 Å². The van der Waals surface area contributed by atoms with Crippen molar-refractivity contribution in [3.8, 4) is 5.75 Å². The van der Waals surface area contributed by atoms with E-state index in [1.54, 1.807) is 13.8 Å². The van der Waals surface area contributed by atoms with Crippen LogP contribution in [0.15, 0.2) is 18.2 Å². The van der Waals surface area contributed by atoms with E-state index in [-0.39, 0.29) is 6.61 Å². The van der Waals surface area contributed by atoms with Crippen LogP contribution in [0.1, 0.15) is 38.9 Å². The van der Waals surface area contributed by atoms with E-state index in [1.165, 1.54) is 18.2 Å². The third-order valence-electron chi connectivity index (χ3n) is 2.72. The summed E-state index contributed by atoms with van der Waals surface area (Å²) in [5, 5.41) is 19.3. The number of aliphatic hydroxyl groups excluding tert-OH is 1. The molecule has 1 aromatic carbocycles. The van der Waals surface area contributed by atoms with Crippen LogP contribution in [0.5, 0.6) is 5.75 Å². The summed E-state index contributed by atoms with van der Waals surface area (Å²) in [6, 6.07) is 3.96. The molecular weight excluding hydrogens is 223 g/mol. The van der Waals surface area contributed by atoms with Gasteiger partial charge in [-0.05, 0) is 38.5 Å². The molecule has 0 aliphatic heterocycles. The van der Waals surface area contributed by atoms with Crippen LogP contribution in [0.25, 0.3) is 0 Å². The average molecular weight is 242 g/mol.